The Labute approximate surface area is 266 Å². The van der Waals surface area contributed by atoms with E-state index in [4.69, 9.17) is 15.5 Å². The summed E-state index contributed by atoms with van der Waals surface area (Å²) in [5.74, 6) is -0.241. The topological polar surface area (TPSA) is 106 Å². The monoisotopic (exact) mass is 612 g/mol. The standard InChI is InChI=1S/C36H48N6O3/c1-6-41-31-14-13-24-18-27(31)28(33(41)26-11-7-15-38-32(26)23(2)3)19-36(4,5)22-45-35(44)30-12-9-17-42(39-30)34(43)29(37)21-40-16-8-10-25(24)20-40/h7,10-11,13-15,18,23,29-30,39H,6,8-9,12,16-17,19-22,37H2,1-5H3/t29-,30-/m0/s1. The van der Waals surface area contributed by atoms with Gasteiger partial charge in [-0.1, -0.05) is 39.8 Å². The third-order valence-electron chi connectivity index (χ3n) is 9.50. The van der Waals surface area contributed by atoms with Gasteiger partial charge in [0.15, 0.2) is 0 Å². The van der Waals surface area contributed by atoms with E-state index in [1.165, 1.54) is 38.3 Å². The molecule has 6 bridgehead atoms. The molecule has 3 atom stereocenters. The Morgan fingerprint density at radius 2 is 2.00 bits per heavy atom. The number of hydrazine groups is 1. The van der Waals surface area contributed by atoms with Gasteiger partial charge in [-0.15, -0.1) is 0 Å². The minimum atomic E-state index is -0.686. The molecule has 1 aromatic carbocycles. The van der Waals surface area contributed by atoms with Gasteiger partial charge in [0.05, 0.1) is 24.0 Å². The number of ether oxygens (including phenoxy) is 1. The molecule has 6 rings (SSSR count). The number of rotatable bonds is 3. The normalized spacial score (nSPS) is 24.4. The van der Waals surface area contributed by atoms with Crippen LogP contribution in [0, 0.1) is 5.41 Å². The first-order valence-electron chi connectivity index (χ1n) is 16.6. The van der Waals surface area contributed by atoms with Crippen LogP contribution in [0.1, 0.15) is 76.6 Å². The third kappa shape index (κ3) is 6.30. The lowest BCUT2D eigenvalue weighted by Crippen LogP contribution is -2.60. The van der Waals surface area contributed by atoms with Gasteiger partial charge in [-0.3, -0.25) is 24.5 Å². The predicted molar refractivity (Wildman–Crippen MR) is 178 cm³/mol. The summed E-state index contributed by atoms with van der Waals surface area (Å²) < 4.78 is 8.42. The van der Waals surface area contributed by atoms with Crippen LogP contribution in [0.4, 0.5) is 0 Å². The van der Waals surface area contributed by atoms with Crippen molar-refractivity contribution in [2.45, 2.75) is 84.8 Å². The van der Waals surface area contributed by atoms with Crippen molar-refractivity contribution in [2.24, 2.45) is 11.1 Å². The zero-order valence-corrected chi connectivity index (χ0v) is 27.4. The SMILES string of the molecule is CCn1c(-c2cccnc2C(C)C)c2c3cc(ccc31)C1=CCCN(C1)C[C@H](N)C(=O)N1CCC[C@H](N1)C(=O)OCC(C)(C)C2. The summed E-state index contributed by atoms with van der Waals surface area (Å²) in [5.41, 5.74) is 17.6. The largest absolute Gasteiger partial charge is 0.464 e. The number of amides is 1. The van der Waals surface area contributed by atoms with Crippen LogP contribution in [0.25, 0.3) is 27.7 Å². The molecular formula is C36H48N6O3. The highest BCUT2D eigenvalue weighted by Crippen LogP contribution is 2.41. The number of aromatic nitrogens is 2. The van der Waals surface area contributed by atoms with Gasteiger partial charge >= 0.3 is 5.97 Å². The quantitative estimate of drug-likeness (QED) is 0.406. The van der Waals surface area contributed by atoms with Crippen molar-refractivity contribution in [3.8, 4) is 11.3 Å². The second kappa shape index (κ2) is 12.7. The lowest BCUT2D eigenvalue weighted by Gasteiger charge is -2.36. The van der Waals surface area contributed by atoms with Crippen LogP contribution in [-0.4, -0.2) is 76.2 Å². The first-order chi connectivity index (χ1) is 21.6. The molecule has 9 heteroatoms. The number of hydrogen-bond acceptors (Lipinski definition) is 7. The van der Waals surface area contributed by atoms with Crippen LogP contribution in [0.3, 0.4) is 0 Å². The van der Waals surface area contributed by atoms with Crippen molar-refractivity contribution in [3.05, 3.63) is 59.4 Å². The molecule has 0 radical (unpaired) electrons. The third-order valence-corrected chi connectivity index (χ3v) is 9.50. The fourth-order valence-electron chi connectivity index (χ4n) is 7.26. The minimum absolute atomic E-state index is 0.180. The zero-order valence-electron chi connectivity index (χ0n) is 27.4. The fraction of sp³-hybridized carbons (Fsp3) is 0.528. The summed E-state index contributed by atoms with van der Waals surface area (Å²) in [6.45, 7) is 14.6. The van der Waals surface area contributed by atoms with Crippen LogP contribution < -0.4 is 11.2 Å². The molecule has 2 aromatic heterocycles. The number of aryl methyl sites for hydroxylation is 1. The maximum atomic E-state index is 13.3. The predicted octanol–water partition coefficient (Wildman–Crippen LogP) is 4.88. The molecule has 240 valence electrons. The van der Waals surface area contributed by atoms with Crippen molar-refractivity contribution in [2.75, 3.05) is 32.8 Å². The second-order valence-electron chi connectivity index (χ2n) is 14.0. The number of hydrogen-bond donors (Lipinski definition) is 2. The highest BCUT2D eigenvalue weighted by atomic mass is 16.5. The maximum absolute atomic E-state index is 13.3. The van der Waals surface area contributed by atoms with E-state index in [1.807, 2.05) is 12.3 Å². The summed E-state index contributed by atoms with van der Waals surface area (Å²) in [5, 5.41) is 2.76. The average Bonchev–Trinajstić information content (AvgIpc) is 3.34. The smallest absolute Gasteiger partial charge is 0.324 e. The van der Waals surface area contributed by atoms with Gasteiger partial charge < -0.3 is 15.0 Å². The molecule has 1 amide bonds. The number of benzene rings is 1. The Balaban J connectivity index is 1.50. The molecule has 3 aliphatic rings. The van der Waals surface area contributed by atoms with Gasteiger partial charge in [-0.25, -0.2) is 5.43 Å². The Hall–Kier alpha value is -3.53. The van der Waals surface area contributed by atoms with Crippen molar-refractivity contribution in [1.29, 1.82) is 0 Å². The van der Waals surface area contributed by atoms with Crippen LogP contribution in [0.15, 0.2) is 42.6 Å². The second-order valence-corrected chi connectivity index (χ2v) is 14.0. The van der Waals surface area contributed by atoms with Crippen molar-refractivity contribution < 1.29 is 14.3 Å². The Bertz CT molecular complexity index is 1620. The number of carbonyl (C=O) groups is 2. The molecule has 1 unspecified atom stereocenters. The molecule has 3 aromatic rings. The Morgan fingerprint density at radius 3 is 2.78 bits per heavy atom. The number of carbonyl (C=O) groups excluding carboxylic acids is 2. The van der Waals surface area contributed by atoms with E-state index in [0.717, 1.165) is 50.2 Å². The van der Waals surface area contributed by atoms with Crippen LogP contribution in [0.2, 0.25) is 0 Å². The van der Waals surface area contributed by atoms with Gasteiger partial charge in [0.1, 0.15) is 6.04 Å². The first-order valence-corrected chi connectivity index (χ1v) is 16.6. The molecule has 0 saturated carbocycles. The highest BCUT2D eigenvalue weighted by molar-refractivity contribution is 5.95. The molecule has 1 saturated heterocycles. The summed E-state index contributed by atoms with van der Waals surface area (Å²) in [4.78, 5) is 33.8. The molecule has 0 spiro atoms. The van der Waals surface area contributed by atoms with Crippen LogP contribution >= 0.6 is 0 Å². The van der Waals surface area contributed by atoms with E-state index in [2.05, 4.69) is 79.9 Å². The number of fused-ring (bicyclic) bond motifs is 6. The summed E-state index contributed by atoms with van der Waals surface area (Å²) in [6.07, 6.45) is 7.17. The fourth-order valence-corrected chi connectivity index (χ4v) is 7.26. The van der Waals surface area contributed by atoms with Crippen molar-refractivity contribution in [1.82, 2.24) is 24.9 Å². The van der Waals surface area contributed by atoms with Gasteiger partial charge in [0.25, 0.3) is 5.91 Å². The molecular weight excluding hydrogens is 564 g/mol. The number of cyclic esters (lactones) is 1. The lowest BCUT2D eigenvalue weighted by molar-refractivity contribution is -0.155. The number of nitrogens with zero attached hydrogens (tertiary/aromatic N) is 4. The average molecular weight is 613 g/mol. The molecule has 0 aliphatic carbocycles. The Kier molecular flexibility index (Phi) is 8.87. The minimum Gasteiger partial charge on any atom is -0.464 e. The molecule has 5 heterocycles. The van der Waals surface area contributed by atoms with Crippen molar-refractivity contribution in [3.63, 3.8) is 0 Å². The summed E-state index contributed by atoms with van der Waals surface area (Å²) in [6, 6.07) is 9.81. The number of nitrogens with one attached hydrogen (secondary N) is 1. The van der Waals surface area contributed by atoms with E-state index in [-0.39, 0.29) is 29.8 Å². The molecule has 3 N–H and O–H groups in total. The number of esters is 1. The van der Waals surface area contributed by atoms with E-state index >= 15 is 0 Å². The van der Waals surface area contributed by atoms with Crippen LogP contribution in [-0.2, 0) is 27.3 Å². The van der Waals surface area contributed by atoms with Gasteiger partial charge in [-0.05, 0) is 79.5 Å². The molecule has 9 nitrogen and oxygen atoms in total. The van der Waals surface area contributed by atoms with Crippen LogP contribution in [0.5, 0.6) is 0 Å². The maximum Gasteiger partial charge on any atom is 0.324 e. The summed E-state index contributed by atoms with van der Waals surface area (Å²) >= 11 is 0. The lowest BCUT2D eigenvalue weighted by atomic mass is 9.83. The van der Waals surface area contributed by atoms with E-state index in [1.54, 1.807) is 0 Å². The number of nitrogens with two attached hydrogens (primary N) is 1. The molecule has 3 aliphatic heterocycles. The van der Waals surface area contributed by atoms with E-state index in [0.29, 0.717) is 19.5 Å². The molecule has 1 fully saturated rings. The first kappa shape index (κ1) is 31.5. The zero-order chi connectivity index (χ0) is 31.9. The highest BCUT2D eigenvalue weighted by Gasteiger charge is 2.34. The van der Waals surface area contributed by atoms with E-state index in [9.17, 15) is 9.59 Å². The van der Waals surface area contributed by atoms with Gasteiger partial charge in [0.2, 0.25) is 0 Å². The van der Waals surface area contributed by atoms with Crippen molar-refractivity contribution >= 4 is 28.4 Å². The summed E-state index contributed by atoms with van der Waals surface area (Å²) in [7, 11) is 0. The van der Waals surface area contributed by atoms with E-state index < -0.39 is 12.1 Å². The molecule has 45 heavy (non-hydrogen) atoms. The van der Waals surface area contributed by atoms with Gasteiger partial charge in [-0.2, -0.15) is 0 Å². The van der Waals surface area contributed by atoms with Gasteiger partial charge in [0, 0.05) is 60.8 Å². The number of pyridine rings is 1. The Morgan fingerprint density at radius 1 is 1.18 bits per heavy atom.